The minimum absolute atomic E-state index is 0.0506. The van der Waals surface area contributed by atoms with E-state index in [2.05, 4.69) is 15.5 Å². The van der Waals surface area contributed by atoms with E-state index in [0.717, 1.165) is 39.2 Å². The van der Waals surface area contributed by atoms with E-state index in [4.69, 9.17) is 9.51 Å². The van der Waals surface area contributed by atoms with Gasteiger partial charge in [0.15, 0.2) is 5.76 Å². The molecule has 32 heavy (non-hydrogen) atoms. The molecular weight excluding hydrogens is 422 g/mol. The second-order valence-electron chi connectivity index (χ2n) is 7.87. The Morgan fingerprint density at radius 1 is 1.16 bits per heavy atom. The number of thiophene rings is 1. The SMILES string of the molecule is Cc1cc(-c2cnc(N(C)C)nc2-c2ccc(CNC(=O)c3csc(C)c3C)cc2)on1. The second kappa shape index (κ2) is 8.92. The van der Waals surface area contributed by atoms with Crippen molar-refractivity contribution in [3.63, 3.8) is 0 Å². The molecule has 3 heterocycles. The third-order valence-corrected chi connectivity index (χ3v) is 6.29. The molecule has 8 heteroatoms. The number of nitrogens with one attached hydrogen (secondary N) is 1. The zero-order chi connectivity index (χ0) is 22.8. The van der Waals surface area contributed by atoms with Gasteiger partial charge in [-0.2, -0.15) is 0 Å². The van der Waals surface area contributed by atoms with Crippen LogP contribution in [0.2, 0.25) is 0 Å². The highest BCUT2D eigenvalue weighted by Crippen LogP contribution is 2.32. The van der Waals surface area contributed by atoms with Crippen molar-refractivity contribution in [2.75, 3.05) is 19.0 Å². The molecule has 0 saturated carbocycles. The first-order valence-corrected chi connectivity index (χ1v) is 11.1. The number of rotatable bonds is 6. The summed E-state index contributed by atoms with van der Waals surface area (Å²) in [6.07, 6.45) is 1.76. The lowest BCUT2D eigenvalue weighted by molar-refractivity contribution is 0.0950. The van der Waals surface area contributed by atoms with Crippen molar-refractivity contribution in [3.8, 4) is 22.6 Å². The molecule has 0 unspecified atom stereocenters. The molecule has 0 bridgehead atoms. The van der Waals surface area contributed by atoms with E-state index < -0.39 is 0 Å². The molecule has 0 saturated heterocycles. The van der Waals surface area contributed by atoms with Crippen molar-refractivity contribution in [2.45, 2.75) is 27.3 Å². The van der Waals surface area contributed by atoms with Gasteiger partial charge in [-0.1, -0.05) is 29.4 Å². The quantitative estimate of drug-likeness (QED) is 0.458. The second-order valence-corrected chi connectivity index (χ2v) is 8.95. The van der Waals surface area contributed by atoms with Gasteiger partial charge in [-0.25, -0.2) is 9.97 Å². The smallest absolute Gasteiger partial charge is 0.252 e. The van der Waals surface area contributed by atoms with Crippen LogP contribution in [0.25, 0.3) is 22.6 Å². The summed E-state index contributed by atoms with van der Waals surface area (Å²) in [7, 11) is 3.81. The zero-order valence-electron chi connectivity index (χ0n) is 18.8. The van der Waals surface area contributed by atoms with E-state index >= 15 is 0 Å². The Labute approximate surface area is 191 Å². The van der Waals surface area contributed by atoms with Crippen LogP contribution in [0.3, 0.4) is 0 Å². The highest BCUT2D eigenvalue weighted by atomic mass is 32.1. The lowest BCUT2D eigenvalue weighted by Crippen LogP contribution is -2.23. The van der Waals surface area contributed by atoms with Crippen molar-refractivity contribution in [2.24, 2.45) is 0 Å². The zero-order valence-corrected chi connectivity index (χ0v) is 19.6. The van der Waals surface area contributed by atoms with Crippen LogP contribution in [0, 0.1) is 20.8 Å². The Morgan fingerprint density at radius 3 is 2.50 bits per heavy atom. The molecule has 164 valence electrons. The topological polar surface area (TPSA) is 84.2 Å². The molecule has 7 nitrogen and oxygen atoms in total. The number of benzene rings is 1. The number of hydrogen-bond acceptors (Lipinski definition) is 7. The molecule has 4 aromatic rings. The van der Waals surface area contributed by atoms with Crippen molar-refractivity contribution in [3.05, 3.63) is 69.2 Å². The lowest BCUT2D eigenvalue weighted by Gasteiger charge is -2.14. The number of carbonyl (C=O) groups excluding carboxylic acids is 1. The summed E-state index contributed by atoms with van der Waals surface area (Å²) >= 11 is 1.60. The first-order chi connectivity index (χ1) is 15.3. The molecule has 1 amide bonds. The van der Waals surface area contributed by atoms with Gasteiger partial charge in [0.05, 0.1) is 22.5 Å². The van der Waals surface area contributed by atoms with Gasteiger partial charge in [-0.15, -0.1) is 11.3 Å². The lowest BCUT2D eigenvalue weighted by atomic mass is 10.0. The Balaban J connectivity index is 1.57. The van der Waals surface area contributed by atoms with Gasteiger partial charge in [-0.3, -0.25) is 4.79 Å². The monoisotopic (exact) mass is 447 g/mol. The number of carbonyl (C=O) groups is 1. The van der Waals surface area contributed by atoms with E-state index in [0.29, 0.717) is 18.3 Å². The number of amides is 1. The Morgan fingerprint density at radius 2 is 1.91 bits per heavy atom. The molecule has 0 atom stereocenters. The number of aromatic nitrogens is 3. The maximum absolute atomic E-state index is 12.5. The maximum atomic E-state index is 12.5. The van der Waals surface area contributed by atoms with Crippen LogP contribution in [0.4, 0.5) is 5.95 Å². The van der Waals surface area contributed by atoms with E-state index in [1.165, 1.54) is 4.88 Å². The molecule has 0 aliphatic heterocycles. The predicted octanol–water partition coefficient (Wildman–Crippen LogP) is 4.78. The van der Waals surface area contributed by atoms with E-state index in [9.17, 15) is 4.79 Å². The standard InChI is InChI=1S/C24H25N5O2S/c1-14-10-21(31-28-14)19-12-26-24(29(4)5)27-22(19)18-8-6-17(7-9-18)11-25-23(30)20-13-32-16(3)15(20)2/h6-10,12-13H,11H2,1-5H3,(H,25,30). The van der Waals surface area contributed by atoms with Crippen LogP contribution < -0.4 is 10.2 Å². The molecule has 4 rings (SSSR count). The Hall–Kier alpha value is -3.52. The number of nitrogens with zero attached hydrogens (tertiary/aromatic N) is 4. The van der Waals surface area contributed by atoms with Crippen LogP contribution in [-0.4, -0.2) is 35.1 Å². The molecule has 0 aliphatic rings. The van der Waals surface area contributed by atoms with E-state index in [1.807, 2.05) is 75.5 Å². The molecule has 0 radical (unpaired) electrons. The van der Waals surface area contributed by atoms with Gasteiger partial charge in [0, 0.05) is 48.7 Å². The highest BCUT2D eigenvalue weighted by molar-refractivity contribution is 7.10. The van der Waals surface area contributed by atoms with Crippen LogP contribution in [0.15, 0.2) is 46.4 Å². The van der Waals surface area contributed by atoms with E-state index in [-0.39, 0.29) is 5.91 Å². The van der Waals surface area contributed by atoms with Crippen LogP contribution in [0.5, 0.6) is 0 Å². The third-order valence-electron chi connectivity index (χ3n) is 5.28. The summed E-state index contributed by atoms with van der Waals surface area (Å²) in [5.74, 6) is 1.18. The molecule has 0 aliphatic carbocycles. The average molecular weight is 448 g/mol. The van der Waals surface area contributed by atoms with Crippen LogP contribution >= 0.6 is 11.3 Å². The third kappa shape index (κ3) is 4.40. The van der Waals surface area contributed by atoms with Crippen molar-refractivity contribution < 1.29 is 9.32 Å². The molecule has 0 spiro atoms. The van der Waals surface area contributed by atoms with Crippen molar-refractivity contribution >= 4 is 23.2 Å². The van der Waals surface area contributed by atoms with Crippen molar-refractivity contribution in [1.82, 2.24) is 20.4 Å². The molecule has 3 aromatic heterocycles. The van der Waals surface area contributed by atoms with Gasteiger partial charge >= 0.3 is 0 Å². The highest BCUT2D eigenvalue weighted by Gasteiger charge is 2.16. The average Bonchev–Trinajstić information content (AvgIpc) is 3.37. The summed E-state index contributed by atoms with van der Waals surface area (Å²) < 4.78 is 5.46. The minimum atomic E-state index is -0.0506. The normalized spacial score (nSPS) is 10.9. The minimum Gasteiger partial charge on any atom is -0.356 e. The fraction of sp³-hybridized carbons (Fsp3) is 0.250. The van der Waals surface area contributed by atoms with Crippen LogP contribution in [0.1, 0.15) is 32.1 Å². The van der Waals surface area contributed by atoms with Gasteiger partial charge in [0.2, 0.25) is 5.95 Å². The van der Waals surface area contributed by atoms with Gasteiger partial charge < -0.3 is 14.7 Å². The van der Waals surface area contributed by atoms with Crippen molar-refractivity contribution in [1.29, 1.82) is 0 Å². The number of aryl methyl sites for hydroxylation is 2. The summed E-state index contributed by atoms with van der Waals surface area (Å²) in [5, 5.41) is 8.91. The fourth-order valence-corrected chi connectivity index (χ4v) is 4.14. The maximum Gasteiger partial charge on any atom is 0.252 e. The summed E-state index contributed by atoms with van der Waals surface area (Å²) in [4.78, 5) is 24.7. The molecule has 1 N–H and O–H groups in total. The predicted molar refractivity (Wildman–Crippen MR) is 127 cm³/mol. The summed E-state index contributed by atoms with van der Waals surface area (Å²) in [5.41, 5.74) is 6.06. The Kier molecular flexibility index (Phi) is 6.05. The van der Waals surface area contributed by atoms with Gasteiger partial charge in [0.25, 0.3) is 5.91 Å². The fourth-order valence-electron chi connectivity index (χ4n) is 3.27. The Bertz CT molecular complexity index is 1260. The first-order valence-electron chi connectivity index (χ1n) is 10.2. The first kappa shape index (κ1) is 21.7. The molecule has 0 fully saturated rings. The van der Waals surface area contributed by atoms with Gasteiger partial charge in [-0.05, 0) is 31.9 Å². The van der Waals surface area contributed by atoms with E-state index in [1.54, 1.807) is 17.5 Å². The van der Waals surface area contributed by atoms with Crippen LogP contribution in [-0.2, 0) is 6.54 Å². The summed E-state index contributed by atoms with van der Waals surface area (Å²) in [6.45, 7) is 6.34. The number of anilines is 1. The van der Waals surface area contributed by atoms with Gasteiger partial charge in [0.1, 0.15) is 0 Å². The largest absolute Gasteiger partial charge is 0.356 e. The number of hydrogen-bond donors (Lipinski definition) is 1. The molecule has 1 aromatic carbocycles. The summed E-state index contributed by atoms with van der Waals surface area (Å²) in [6, 6.07) is 9.85. The molecular formula is C24H25N5O2S.